The summed E-state index contributed by atoms with van der Waals surface area (Å²) < 4.78 is 27.0. The highest BCUT2D eigenvalue weighted by Crippen LogP contribution is 2.17. The lowest BCUT2D eigenvalue weighted by Crippen LogP contribution is -2.44. The highest BCUT2D eigenvalue weighted by Gasteiger charge is 2.19. The first-order valence-corrected chi connectivity index (χ1v) is 7.99. The molecule has 1 aromatic rings. The third-order valence-corrected chi connectivity index (χ3v) is 4.57. The zero-order chi connectivity index (χ0) is 12.3. The average molecular weight is 319 g/mol. The summed E-state index contributed by atoms with van der Waals surface area (Å²) in [6.45, 7) is 1.00. The first kappa shape index (κ1) is 12.9. The lowest BCUT2D eigenvalue weighted by molar-refractivity contribution is 0.362. The van der Waals surface area contributed by atoms with Crippen molar-refractivity contribution in [1.29, 1.82) is 0 Å². The van der Waals surface area contributed by atoms with Crippen molar-refractivity contribution in [3.63, 3.8) is 0 Å². The molecule has 1 saturated heterocycles. The van der Waals surface area contributed by atoms with Crippen molar-refractivity contribution in [2.75, 3.05) is 17.0 Å². The maximum atomic E-state index is 11.8. The number of anilines is 1. The minimum atomic E-state index is -3.23. The van der Waals surface area contributed by atoms with Gasteiger partial charge in [0.05, 0.1) is 5.75 Å². The van der Waals surface area contributed by atoms with Gasteiger partial charge in [-0.3, -0.25) is 4.72 Å². The van der Waals surface area contributed by atoms with Crippen LogP contribution in [0, 0.1) is 0 Å². The summed E-state index contributed by atoms with van der Waals surface area (Å²) in [6, 6.07) is 7.52. The van der Waals surface area contributed by atoms with Crippen LogP contribution in [0.15, 0.2) is 28.7 Å². The van der Waals surface area contributed by atoms with Gasteiger partial charge >= 0.3 is 0 Å². The predicted molar refractivity (Wildman–Crippen MR) is 72.6 cm³/mol. The van der Waals surface area contributed by atoms with Crippen molar-refractivity contribution < 1.29 is 8.42 Å². The Kier molecular flexibility index (Phi) is 4.06. The molecule has 94 valence electrons. The molecule has 17 heavy (non-hydrogen) atoms. The van der Waals surface area contributed by atoms with Gasteiger partial charge in [0.1, 0.15) is 0 Å². The molecule has 0 bridgehead atoms. The van der Waals surface area contributed by atoms with Crippen molar-refractivity contribution in [3.8, 4) is 0 Å². The summed E-state index contributed by atoms with van der Waals surface area (Å²) in [5.74, 6) is 0.164. The number of benzene rings is 1. The van der Waals surface area contributed by atoms with E-state index in [9.17, 15) is 8.42 Å². The lowest BCUT2D eigenvalue weighted by Gasteiger charge is -2.27. The van der Waals surface area contributed by atoms with Gasteiger partial charge in [-0.15, -0.1) is 0 Å². The van der Waals surface area contributed by atoms with E-state index in [0.717, 1.165) is 17.4 Å². The normalized spacial score (nSPS) is 19.7. The molecule has 0 aromatic heterocycles. The Morgan fingerprint density at radius 2 is 2.24 bits per heavy atom. The summed E-state index contributed by atoms with van der Waals surface area (Å²) in [5.41, 5.74) is 0.598. The molecule has 0 aliphatic carbocycles. The van der Waals surface area contributed by atoms with Crippen LogP contribution in [0.4, 0.5) is 5.69 Å². The Morgan fingerprint density at radius 1 is 1.47 bits per heavy atom. The van der Waals surface area contributed by atoms with E-state index in [1.54, 1.807) is 18.2 Å². The van der Waals surface area contributed by atoms with Gasteiger partial charge in [0, 0.05) is 16.2 Å². The molecule has 1 fully saturated rings. The summed E-state index contributed by atoms with van der Waals surface area (Å²) in [4.78, 5) is 0. The van der Waals surface area contributed by atoms with Crippen molar-refractivity contribution in [1.82, 2.24) is 5.32 Å². The van der Waals surface area contributed by atoms with Gasteiger partial charge in [0.25, 0.3) is 0 Å². The third-order valence-electron chi connectivity index (χ3n) is 2.76. The largest absolute Gasteiger partial charge is 0.314 e. The Morgan fingerprint density at radius 3 is 2.82 bits per heavy atom. The van der Waals surface area contributed by atoms with Crippen LogP contribution in [0.2, 0.25) is 0 Å². The van der Waals surface area contributed by atoms with Gasteiger partial charge < -0.3 is 5.32 Å². The van der Waals surface area contributed by atoms with E-state index in [1.807, 2.05) is 6.07 Å². The highest BCUT2D eigenvalue weighted by atomic mass is 79.9. The maximum absolute atomic E-state index is 11.8. The smallest absolute Gasteiger partial charge is 0.232 e. The second kappa shape index (κ2) is 5.37. The van der Waals surface area contributed by atoms with E-state index in [2.05, 4.69) is 26.0 Å². The number of hydrogen-bond acceptors (Lipinski definition) is 3. The molecule has 1 heterocycles. The fraction of sp³-hybridized carbons (Fsp3) is 0.455. The Balaban J connectivity index is 1.91. The first-order chi connectivity index (χ1) is 8.05. The molecular weight excluding hydrogens is 304 g/mol. The second-order valence-corrected chi connectivity index (χ2v) is 6.92. The molecule has 1 aliphatic heterocycles. The van der Waals surface area contributed by atoms with Gasteiger partial charge in [-0.05, 0) is 37.6 Å². The monoisotopic (exact) mass is 318 g/mol. The minimum absolute atomic E-state index is 0.164. The van der Waals surface area contributed by atoms with Gasteiger partial charge in [0.2, 0.25) is 10.0 Å². The van der Waals surface area contributed by atoms with Crippen LogP contribution >= 0.6 is 15.9 Å². The van der Waals surface area contributed by atoms with Crippen molar-refractivity contribution >= 4 is 31.6 Å². The van der Waals surface area contributed by atoms with Crippen LogP contribution in [0.1, 0.15) is 12.8 Å². The molecule has 1 atom stereocenters. The average Bonchev–Trinajstić information content (AvgIpc) is 2.13. The lowest BCUT2D eigenvalue weighted by atomic mass is 10.1. The second-order valence-electron chi connectivity index (χ2n) is 4.16. The quantitative estimate of drug-likeness (QED) is 0.872. The van der Waals surface area contributed by atoms with Crippen LogP contribution < -0.4 is 10.0 Å². The summed E-state index contributed by atoms with van der Waals surface area (Å²) >= 11 is 3.31. The minimum Gasteiger partial charge on any atom is -0.314 e. The van der Waals surface area contributed by atoms with Crippen molar-refractivity contribution in [2.45, 2.75) is 18.9 Å². The van der Waals surface area contributed by atoms with Crippen LogP contribution in [-0.4, -0.2) is 26.8 Å². The number of halogens is 1. The highest BCUT2D eigenvalue weighted by molar-refractivity contribution is 9.10. The molecule has 4 nitrogen and oxygen atoms in total. The Labute approximate surface area is 110 Å². The predicted octanol–water partition coefficient (Wildman–Crippen LogP) is 1.94. The van der Waals surface area contributed by atoms with E-state index in [1.165, 1.54) is 0 Å². The third kappa shape index (κ3) is 3.97. The molecule has 1 unspecified atom stereocenters. The standard InChI is InChI=1S/C11H15BrN2O2S/c12-9-2-1-3-11(8-9)14-17(15,16)7-5-10-4-6-13-10/h1-3,8,10,13-14H,4-7H2. The SMILES string of the molecule is O=S(=O)(CCC1CCN1)Nc1cccc(Br)c1. The molecule has 0 radical (unpaired) electrons. The number of sulfonamides is 1. The number of nitrogens with one attached hydrogen (secondary N) is 2. The van der Waals surface area contributed by atoms with Crippen LogP contribution in [0.5, 0.6) is 0 Å². The van der Waals surface area contributed by atoms with Gasteiger partial charge in [-0.1, -0.05) is 22.0 Å². The maximum Gasteiger partial charge on any atom is 0.232 e. The van der Waals surface area contributed by atoms with E-state index in [-0.39, 0.29) is 5.75 Å². The van der Waals surface area contributed by atoms with Crippen LogP contribution in [-0.2, 0) is 10.0 Å². The molecule has 0 saturated carbocycles. The summed E-state index contributed by atoms with van der Waals surface area (Å²) in [7, 11) is -3.23. The molecule has 1 aliphatic rings. The van der Waals surface area contributed by atoms with Gasteiger partial charge in [-0.2, -0.15) is 0 Å². The van der Waals surface area contributed by atoms with Crippen LogP contribution in [0.25, 0.3) is 0 Å². The van der Waals surface area contributed by atoms with Gasteiger partial charge in [0.15, 0.2) is 0 Å². The zero-order valence-corrected chi connectivity index (χ0v) is 11.7. The van der Waals surface area contributed by atoms with Gasteiger partial charge in [-0.25, -0.2) is 8.42 Å². The van der Waals surface area contributed by atoms with E-state index in [0.29, 0.717) is 18.2 Å². The molecule has 1 aromatic carbocycles. The zero-order valence-electron chi connectivity index (χ0n) is 9.32. The fourth-order valence-corrected chi connectivity index (χ4v) is 3.26. The molecule has 2 rings (SSSR count). The Hall–Kier alpha value is -0.590. The van der Waals surface area contributed by atoms with Crippen molar-refractivity contribution in [2.24, 2.45) is 0 Å². The van der Waals surface area contributed by atoms with E-state index < -0.39 is 10.0 Å². The summed E-state index contributed by atoms with van der Waals surface area (Å²) in [6.07, 6.45) is 1.75. The Bertz CT molecular complexity index is 486. The first-order valence-electron chi connectivity index (χ1n) is 5.55. The number of hydrogen-bond donors (Lipinski definition) is 2. The van der Waals surface area contributed by atoms with E-state index in [4.69, 9.17) is 0 Å². The van der Waals surface area contributed by atoms with Crippen molar-refractivity contribution in [3.05, 3.63) is 28.7 Å². The molecule has 2 N–H and O–H groups in total. The van der Waals surface area contributed by atoms with Crippen LogP contribution in [0.3, 0.4) is 0 Å². The molecule has 6 heteroatoms. The topological polar surface area (TPSA) is 58.2 Å². The molecular formula is C11H15BrN2O2S. The fourth-order valence-electron chi connectivity index (χ4n) is 1.67. The van der Waals surface area contributed by atoms with E-state index >= 15 is 0 Å². The number of rotatable bonds is 5. The summed E-state index contributed by atoms with van der Waals surface area (Å²) in [5, 5.41) is 3.19. The molecule has 0 amide bonds. The molecule has 0 spiro atoms.